The third kappa shape index (κ3) is 1.19. The molecule has 0 radical (unpaired) electrons. The fourth-order valence-electron chi connectivity index (χ4n) is 1.03. The third-order valence-electron chi connectivity index (χ3n) is 1.50. The van der Waals surface area contributed by atoms with Crippen LogP contribution in [0.2, 0.25) is 0 Å². The van der Waals surface area contributed by atoms with Crippen LogP contribution in [0.4, 0.5) is 0 Å². The Morgan fingerprint density at radius 2 is 2.30 bits per heavy atom. The average molecular weight is 140 g/mol. The van der Waals surface area contributed by atoms with E-state index >= 15 is 0 Å². The summed E-state index contributed by atoms with van der Waals surface area (Å²) in [6.45, 7) is 3.63. The van der Waals surface area contributed by atoms with E-state index in [2.05, 4.69) is 5.10 Å². The molecule has 1 aromatic heterocycles. The van der Waals surface area contributed by atoms with Gasteiger partial charge in [-0.2, -0.15) is 5.10 Å². The van der Waals surface area contributed by atoms with Gasteiger partial charge in [0.05, 0.1) is 11.8 Å². The zero-order chi connectivity index (χ0) is 7.72. The molecule has 1 N–H and O–H groups in total. The van der Waals surface area contributed by atoms with Gasteiger partial charge in [-0.25, -0.2) is 0 Å². The Morgan fingerprint density at radius 1 is 1.70 bits per heavy atom. The van der Waals surface area contributed by atoms with E-state index in [9.17, 15) is 0 Å². The predicted octanol–water partition coefficient (Wildman–Crippen LogP) is 0.782. The van der Waals surface area contributed by atoms with E-state index in [1.54, 1.807) is 11.6 Å². The molecule has 56 valence electrons. The molecule has 0 saturated heterocycles. The second kappa shape index (κ2) is 2.42. The summed E-state index contributed by atoms with van der Waals surface area (Å²) in [7, 11) is 1.85. The zero-order valence-corrected chi connectivity index (χ0v) is 6.50. The van der Waals surface area contributed by atoms with Crippen molar-refractivity contribution in [3.63, 3.8) is 0 Å². The van der Waals surface area contributed by atoms with Crippen LogP contribution in [0, 0.1) is 6.92 Å². The average Bonchev–Trinajstić information content (AvgIpc) is 2.10. The molecule has 0 aliphatic heterocycles. The molecule has 1 heterocycles. The van der Waals surface area contributed by atoms with Crippen molar-refractivity contribution in [2.75, 3.05) is 0 Å². The highest BCUT2D eigenvalue weighted by Crippen LogP contribution is 2.13. The second-order valence-electron chi connectivity index (χ2n) is 2.52. The van der Waals surface area contributed by atoms with Crippen LogP contribution in [0.3, 0.4) is 0 Å². The number of aryl methyl sites for hydroxylation is 2. The summed E-state index contributed by atoms with van der Waals surface area (Å²) in [6, 6.07) is 0. The number of aromatic nitrogens is 2. The quantitative estimate of drug-likeness (QED) is 0.626. The first kappa shape index (κ1) is 7.28. The lowest BCUT2D eigenvalue weighted by atomic mass is 10.2. The van der Waals surface area contributed by atoms with Crippen LogP contribution in [0.25, 0.3) is 0 Å². The topological polar surface area (TPSA) is 38.0 Å². The Bertz CT molecular complexity index is 228. The molecule has 0 spiro atoms. The molecular weight excluding hydrogens is 128 g/mol. The minimum absolute atomic E-state index is 0.409. The number of hydrogen-bond donors (Lipinski definition) is 1. The van der Waals surface area contributed by atoms with E-state index < -0.39 is 6.10 Å². The van der Waals surface area contributed by atoms with Crippen LogP contribution in [-0.2, 0) is 7.05 Å². The molecule has 3 heteroatoms. The fraction of sp³-hybridized carbons (Fsp3) is 0.571. The fourth-order valence-corrected chi connectivity index (χ4v) is 1.03. The smallest absolute Gasteiger partial charge is 0.0795 e. The van der Waals surface area contributed by atoms with Gasteiger partial charge in [0.15, 0.2) is 0 Å². The van der Waals surface area contributed by atoms with Crippen LogP contribution in [-0.4, -0.2) is 14.9 Å². The van der Waals surface area contributed by atoms with Crippen molar-refractivity contribution in [1.29, 1.82) is 0 Å². The van der Waals surface area contributed by atoms with Crippen molar-refractivity contribution in [3.8, 4) is 0 Å². The molecule has 0 aliphatic carbocycles. The summed E-state index contributed by atoms with van der Waals surface area (Å²) < 4.78 is 1.71. The van der Waals surface area contributed by atoms with Gasteiger partial charge in [0.1, 0.15) is 0 Å². The Morgan fingerprint density at radius 3 is 2.50 bits per heavy atom. The minimum atomic E-state index is -0.409. The van der Waals surface area contributed by atoms with Gasteiger partial charge < -0.3 is 5.11 Å². The molecule has 10 heavy (non-hydrogen) atoms. The first-order chi connectivity index (χ1) is 4.61. The van der Waals surface area contributed by atoms with Gasteiger partial charge in [-0.1, -0.05) is 0 Å². The van der Waals surface area contributed by atoms with E-state index in [4.69, 9.17) is 5.11 Å². The SMILES string of the molecule is Cc1nn(C)cc1[C@H](C)O. The van der Waals surface area contributed by atoms with Gasteiger partial charge >= 0.3 is 0 Å². The molecule has 1 rings (SSSR count). The van der Waals surface area contributed by atoms with Crippen molar-refractivity contribution in [1.82, 2.24) is 9.78 Å². The number of aliphatic hydroxyl groups is 1. The molecule has 3 nitrogen and oxygen atoms in total. The largest absolute Gasteiger partial charge is 0.389 e. The van der Waals surface area contributed by atoms with Gasteiger partial charge in [0.25, 0.3) is 0 Å². The first-order valence-corrected chi connectivity index (χ1v) is 3.29. The number of aliphatic hydroxyl groups excluding tert-OH is 1. The van der Waals surface area contributed by atoms with E-state index in [1.807, 2.05) is 20.2 Å². The second-order valence-corrected chi connectivity index (χ2v) is 2.52. The summed E-state index contributed by atoms with van der Waals surface area (Å²) >= 11 is 0. The summed E-state index contributed by atoms with van der Waals surface area (Å²) in [5.41, 5.74) is 1.81. The van der Waals surface area contributed by atoms with Crippen molar-refractivity contribution in [2.45, 2.75) is 20.0 Å². The Kier molecular flexibility index (Phi) is 1.76. The first-order valence-electron chi connectivity index (χ1n) is 3.29. The maximum atomic E-state index is 9.16. The Hall–Kier alpha value is -0.830. The third-order valence-corrected chi connectivity index (χ3v) is 1.50. The van der Waals surface area contributed by atoms with Crippen LogP contribution >= 0.6 is 0 Å². The standard InChI is InChI=1S/C7H12N2O/c1-5-7(6(2)10)4-9(3)8-5/h4,6,10H,1-3H3/t6-/m0/s1. The Labute approximate surface area is 60.3 Å². The van der Waals surface area contributed by atoms with Gasteiger partial charge in [0.2, 0.25) is 0 Å². The zero-order valence-electron chi connectivity index (χ0n) is 6.50. The highest BCUT2D eigenvalue weighted by Gasteiger charge is 2.06. The summed E-state index contributed by atoms with van der Waals surface area (Å²) in [4.78, 5) is 0. The molecular formula is C7H12N2O. The summed E-state index contributed by atoms with van der Waals surface area (Å²) in [5.74, 6) is 0. The Balaban J connectivity index is 3.03. The van der Waals surface area contributed by atoms with Crippen LogP contribution in [0.15, 0.2) is 6.20 Å². The lowest BCUT2D eigenvalue weighted by molar-refractivity contribution is 0.198. The van der Waals surface area contributed by atoms with Gasteiger partial charge in [-0.15, -0.1) is 0 Å². The van der Waals surface area contributed by atoms with Crippen molar-refractivity contribution in [2.24, 2.45) is 7.05 Å². The maximum Gasteiger partial charge on any atom is 0.0795 e. The summed E-state index contributed by atoms with van der Waals surface area (Å²) in [5, 5.41) is 13.3. The van der Waals surface area contributed by atoms with Crippen LogP contribution < -0.4 is 0 Å². The van der Waals surface area contributed by atoms with Crippen LogP contribution in [0.5, 0.6) is 0 Å². The van der Waals surface area contributed by atoms with Gasteiger partial charge in [0, 0.05) is 18.8 Å². The predicted molar refractivity (Wildman–Crippen MR) is 38.6 cm³/mol. The highest BCUT2D eigenvalue weighted by atomic mass is 16.3. The lowest BCUT2D eigenvalue weighted by Crippen LogP contribution is -1.90. The lowest BCUT2D eigenvalue weighted by Gasteiger charge is -1.98. The van der Waals surface area contributed by atoms with Crippen molar-refractivity contribution >= 4 is 0 Å². The normalized spacial score (nSPS) is 13.6. The maximum absolute atomic E-state index is 9.16. The van der Waals surface area contributed by atoms with Gasteiger partial charge in [-0.05, 0) is 13.8 Å². The van der Waals surface area contributed by atoms with E-state index in [1.165, 1.54) is 0 Å². The minimum Gasteiger partial charge on any atom is -0.389 e. The van der Waals surface area contributed by atoms with Crippen molar-refractivity contribution in [3.05, 3.63) is 17.5 Å². The molecule has 0 fully saturated rings. The molecule has 1 aromatic rings. The van der Waals surface area contributed by atoms with E-state index in [0.29, 0.717) is 0 Å². The van der Waals surface area contributed by atoms with E-state index in [0.717, 1.165) is 11.3 Å². The molecule has 1 atom stereocenters. The van der Waals surface area contributed by atoms with Crippen molar-refractivity contribution < 1.29 is 5.11 Å². The molecule has 0 aliphatic rings. The monoisotopic (exact) mass is 140 g/mol. The molecule has 0 amide bonds. The highest BCUT2D eigenvalue weighted by molar-refractivity contribution is 5.17. The van der Waals surface area contributed by atoms with Gasteiger partial charge in [-0.3, -0.25) is 4.68 Å². The molecule has 0 bridgehead atoms. The molecule has 0 unspecified atom stereocenters. The van der Waals surface area contributed by atoms with E-state index in [-0.39, 0.29) is 0 Å². The molecule has 0 saturated carbocycles. The molecule has 0 aromatic carbocycles. The number of nitrogens with zero attached hydrogens (tertiary/aromatic N) is 2. The van der Waals surface area contributed by atoms with Crippen LogP contribution in [0.1, 0.15) is 24.3 Å². The number of hydrogen-bond acceptors (Lipinski definition) is 2. The number of rotatable bonds is 1. The summed E-state index contributed by atoms with van der Waals surface area (Å²) in [6.07, 6.45) is 1.42.